The molecule has 0 amide bonds. The molecule has 0 aliphatic carbocycles. The summed E-state index contributed by atoms with van der Waals surface area (Å²) in [6.07, 6.45) is 0. The molecule has 0 saturated heterocycles. The van der Waals surface area contributed by atoms with Crippen LogP contribution in [-0.2, 0) is 6.54 Å². The number of pyridine rings is 2. The molecule has 192 valence electrons. The highest BCUT2D eigenvalue weighted by Gasteiger charge is 2.23. The van der Waals surface area contributed by atoms with Gasteiger partial charge in [0, 0.05) is 93.4 Å². The number of hydrogen-bond donors (Lipinski definition) is 1. The van der Waals surface area contributed by atoms with Gasteiger partial charge in [0.2, 0.25) is 0 Å². The Morgan fingerprint density at radius 3 is 1.31 bits per heavy atom. The second-order valence-corrected chi connectivity index (χ2v) is 10.2. The average molecular weight is 491 g/mol. The minimum atomic E-state index is 0.690. The molecule has 1 aromatic carbocycles. The van der Waals surface area contributed by atoms with E-state index in [2.05, 4.69) is 27.2 Å². The number of rotatable bonds is 7. The molecular weight excluding hydrogens is 452 g/mol. The van der Waals surface area contributed by atoms with Crippen molar-refractivity contribution in [1.82, 2.24) is 25.3 Å². The molecule has 0 aliphatic heterocycles. The lowest BCUT2D eigenvalue weighted by atomic mass is 10.0. The first-order valence-corrected chi connectivity index (χ1v) is 12.0. The summed E-state index contributed by atoms with van der Waals surface area (Å²) in [7, 11) is 22.1. The maximum atomic E-state index is 5.18. The first kappa shape index (κ1) is 25.4. The van der Waals surface area contributed by atoms with Crippen LogP contribution in [0.4, 0.5) is 29.0 Å². The molecule has 10 heteroatoms. The quantitative estimate of drug-likeness (QED) is 0.391. The number of aromatic nitrogens is 4. The molecule has 1 N–H and O–H groups in total. The van der Waals surface area contributed by atoms with Crippen LogP contribution in [0.1, 0.15) is 5.56 Å². The summed E-state index contributed by atoms with van der Waals surface area (Å²) in [6, 6.07) is 4.36. The van der Waals surface area contributed by atoms with Crippen molar-refractivity contribution >= 4 is 61.8 Å². The van der Waals surface area contributed by atoms with Crippen molar-refractivity contribution in [3.8, 4) is 0 Å². The van der Waals surface area contributed by atoms with Gasteiger partial charge in [0.05, 0.1) is 5.69 Å². The van der Waals surface area contributed by atoms with Gasteiger partial charge in [-0.2, -0.15) is 0 Å². The average Bonchev–Trinajstić information content (AvgIpc) is 2.81. The minimum absolute atomic E-state index is 0.690. The van der Waals surface area contributed by atoms with Crippen molar-refractivity contribution in [3.63, 3.8) is 0 Å². The summed E-state index contributed by atoms with van der Waals surface area (Å²) in [5.74, 6) is 3.41. The fraction of sp³-hybridized carbons (Fsp3) is 0.462. The van der Waals surface area contributed by atoms with Gasteiger partial charge in [-0.05, 0) is 19.2 Å². The Balaban J connectivity index is 2.32. The molecule has 10 nitrogen and oxygen atoms in total. The van der Waals surface area contributed by atoms with Gasteiger partial charge >= 0.3 is 0 Å². The summed E-state index contributed by atoms with van der Waals surface area (Å²) in [5.41, 5.74) is 5.40. The SMILES string of the molecule is CNCc1cc2c(nc1N(C)C)c1nc(N(C)C)c(N(C)C)cc1c1nc(N(C)C)c(N(C)C)nc21. The normalized spacial score (nSPS) is 11.4. The molecule has 4 rings (SSSR count). The Morgan fingerprint density at radius 1 is 0.528 bits per heavy atom. The topological polar surface area (TPSA) is 79.8 Å². The zero-order valence-corrected chi connectivity index (χ0v) is 23.4. The summed E-state index contributed by atoms with van der Waals surface area (Å²) >= 11 is 0. The van der Waals surface area contributed by atoms with Crippen molar-refractivity contribution in [2.45, 2.75) is 6.54 Å². The predicted octanol–water partition coefficient (Wildman–Crippen LogP) is 2.78. The molecule has 0 atom stereocenters. The first-order valence-electron chi connectivity index (χ1n) is 12.0. The molecule has 0 unspecified atom stereocenters. The number of nitrogens with one attached hydrogen (secondary N) is 1. The number of fused-ring (bicyclic) bond motifs is 6. The molecule has 36 heavy (non-hydrogen) atoms. The van der Waals surface area contributed by atoms with Crippen LogP contribution in [0.15, 0.2) is 12.1 Å². The highest BCUT2D eigenvalue weighted by molar-refractivity contribution is 6.22. The molecule has 0 bridgehead atoms. The third kappa shape index (κ3) is 4.15. The number of nitrogens with zero attached hydrogens (tertiary/aromatic N) is 9. The molecule has 0 saturated carbocycles. The van der Waals surface area contributed by atoms with E-state index >= 15 is 0 Å². The summed E-state index contributed by atoms with van der Waals surface area (Å²) in [5, 5.41) is 5.17. The summed E-state index contributed by atoms with van der Waals surface area (Å²) in [6.45, 7) is 0.690. The van der Waals surface area contributed by atoms with Crippen LogP contribution >= 0.6 is 0 Å². The van der Waals surface area contributed by atoms with Crippen LogP contribution in [-0.4, -0.2) is 97.5 Å². The Morgan fingerprint density at radius 2 is 0.917 bits per heavy atom. The molecule has 0 radical (unpaired) electrons. The van der Waals surface area contributed by atoms with Crippen LogP contribution in [0.25, 0.3) is 32.8 Å². The molecular formula is C26H38N10. The molecule has 0 aliphatic rings. The zero-order valence-electron chi connectivity index (χ0n) is 23.4. The van der Waals surface area contributed by atoms with Crippen LogP contribution in [0.3, 0.4) is 0 Å². The second kappa shape index (κ2) is 9.42. The van der Waals surface area contributed by atoms with Crippen LogP contribution < -0.4 is 29.8 Å². The van der Waals surface area contributed by atoms with E-state index in [1.54, 1.807) is 0 Å². The number of benzene rings is 1. The standard InChI is InChI=1S/C26H38N10/c1-27-14-15-12-16-19(28-23(15)33(4)5)21-17(13-18(32(2)3)24(29-21)34(6)7)22-20(16)30-25(35(8)9)26(31-22)36(10)11/h12-13,27H,14H2,1-11H3. The van der Waals surface area contributed by atoms with Crippen LogP contribution in [0.5, 0.6) is 0 Å². The van der Waals surface area contributed by atoms with E-state index < -0.39 is 0 Å². The van der Waals surface area contributed by atoms with E-state index in [0.29, 0.717) is 6.54 Å². The van der Waals surface area contributed by atoms with Gasteiger partial charge < -0.3 is 29.8 Å². The maximum absolute atomic E-state index is 5.18. The highest BCUT2D eigenvalue weighted by Crippen LogP contribution is 2.40. The third-order valence-corrected chi connectivity index (χ3v) is 6.20. The monoisotopic (exact) mass is 490 g/mol. The van der Waals surface area contributed by atoms with Crippen molar-refractivity contribution in [2.24, 2.45) is 0 Å². The van der Waals surface area contributed by atoms with Gasteiger partial charge in [-0.25, -0.2) is 19.9 Å². The molecule has 3 heterocycles. The molecule has 3 aromatic heterocycles. The van der Waals surface area contributed by atoms with Gasteiger partial charge in [0.25, 0.3) is 0 Å². The molecule has 4 aromatic rings. The van der Waals surface area contributed by atoms with Gasteiger partial charge in [0.1, 0.15) is 27.9 Å². The maximum Gasteiger partial charge on any atom is 0.172 e. The van der Waals surface area contributed by atoms with Crippen molar-refractivity contribution < 1.29 is 0 Å². The highest BCUT2D eigenvalue weighted by atomic mass is 15.2. The van der Waals surface area contributed by atoms with E-state index in [9.17, 15) is 0 Å². The van der Waals surface area contributed by atoms with Crippen LogP contribution in [0, 0.1) is 0 Å². The fourth-order valence-corrected chi connectivity index (χ4v) is 4.52. The van der Waals surface area contributed by atoms with Gasteiger partial charge in [-0.3, -0.25) is 0 Å². The van der Waals surface area contributed by atoms with E-state index in [1.807, 2.05) is 92.2 Å². The van der Waals surface area contributed by atoms with Crippen molar-refractivity contribution in [1.29, 1.82) is 0 Å². The molecule has 0 spiro atoms. The van der Waals surface area contributed by atoms with E-state index in [4.69, 9.17) is 19.9 Å². The van der Waals surface area contributed by atoms with Crippen molar-refractivity contribution in [2.75, 3.05) is 102 Å². The Bertz CT molecular complexity index is 1400. The largest absolute Gasteiger partial charge is 0.375 e. The van der Waals surface area contributed by atoms with Gasteiger partial charge in [-0.1, -0.05) is 0 Å². The summed E-state index contributed by atoms with van der Waals surface area (Å²) in [4.78, 5) is 30.9. The fourth-order valence-electron chi connectivity index (χ4n) is 4.52. The van der Waals surface area contributed by atoms with Crippen LogP contribution in [0.2, 0.25) is 0 Å². The van der Waals surface area contributed by atoms with E-state index in [-0.39, 0.29) is 0 Å². The minimum Gasteiger partial charge on any atom is -0.375 e. The van der Waals surface area contributed by atoms with Crippen molar-refractivity contribution in [3.05, 3.63) is 17.7 Å². The Labute approximate surface area is 213 Å². The Hall–Kier alpha value is -3.66. The lowest BCUT2D eigenvalue weighted by Gasteiger charge is -2.25. The number of anilines is 5. The second-order valence-electron chi connectivity index (χ2n) is 10.2. The van der Waals surface area contributed by atoms with Gasteiger partial charge in [-0.15, -0.1) is 0 Å². The lowest BCUT2D eigenvalue weighted by molar-refractivity contribution is 0.810. The Kier molecular flexibility index (Phi) is 6.66. The lowest BCUT2D eigenvalue weighted by Crippen LogP contribution is -2.20. The predicted molar refractivity (Wildman–Crippen MR) is 155 cm³/mol. The first-order chi connectivity index (χ1) is 17.0. The molecule has 0 fully saturated rings. The number of hydrogen-bond acceptors (Lipinski definition) is 10. The van der Waals surface area contributed by atoms with E-state index in [0.717, 1.165) is 67.4 Å². The van der Waals surface area contributed by atoms with Gasteiger partial charge in [0.15, 0.2) is 17.5 Å². The smallest absolute Gasteiger partial charge is 0.172 e. The third-order valence-electron chi connectivity index (χ3n) is 6.20. The zero-order chi connectivity index (χ0) is 26.5. The van der Waals surface area contributed by atoms with E-state index in [1.165, 1.54) is 0 Å². The summed E-state index contributed by atoms with van der Waals surface area (Å²) < 4.78 is 0.